The molecule has 0 aliphatic rings. The van der Waals surface area contributed by atoms with Gasteiger partial charge in [-0.3, -0.25) is 4.79 Å². The maximum Gasteiger partial charge on any atom is 0.422 e. The molecule has 112 valence electrons. The van der Waals surface area contributed by atoms with E-state index in [1.807, 2.05) is 0 Å². The highest BCUT2D eigenvalue weighted by molar-refractivity contribution is 5.83. The largest absolute Gasteiger partial charge is 0.479 e. The van der Waals surface area contributed by atoms with Crippen molar-refractivity contribution in [2.75, 3.05) is 5.32 Å². The van der Waals surface area contributed by atoms with Gasteiger partial charge in [0, 0.05) is 18.4 Å². The highest BCUT2D eigenvalue weighted by Crippen LogP contribution is 2.32. The molecule has 0 aliphatic heterocycles. The minimum atomic E-state index is -5.09. The number of hydrogen-bond donors (Lipinski definition) is 2. The van der Waals surface area contributed by atoms with Gasteiger partial charge in [0.1, 0.15) is 0 Å². The molecule has 1 unspecified atom stereocenters. The molecule has 0 aromatic carbocycles. The molecule has 1 aromatic heterocycles. The van der Waals surface area contributed by atoms with Gasteiger partial charge in [0.25, 0.3) is 5.56 Å². The first-order valence-corrected chi connectivity index (χ1v) is 5.66. The SMILES string of the molecule is CC(C)n1ccnc(NC(C)(C(=O)O)C(F)(F)F)c1=O. The van der Waals surface area contributed by atoms with Crippen molar-refractivity contribution in [1.82, 2.24) is 9.55 Å². The lowest BCUT2D eigenvalue weighted by atomic mass is 10.0. The van der Waals surface area contributed by atoms with Crippen LogP contribution in [0.4, 0.5) is 19.0 Å². The number of alkyl halides is 3. The van der Waals surface area contributed by atoms with E-state index >= 15 is 0 Å². The Labute approximate surface area is 112 Å². The zero-order valence-corrected chi connectivity index (χ0v) is 11.0. The lowest BCUT2D eigenvalue weighted by Crippen LogP contribution is -2.56. The topological polar surface area (TPSA) is 84.2 Å². The molecule has 1 heterocycles. The molecule has 1 atom stereocenters. The van der Waals surface area contributed by atoms with Crippen LogP contribution in [0.3, 0.4) is 0 Å². The third-order valence-electron chi connectivity index (χ3n) is 2.79. The quantitative estimate of drug-likeness (QED) is 0.881. The van der Waals surface area contributed by atoms with E-state index in [0.717, 1.165) is 10.8 Å². The zero-order chi connectivity index (χ0) is 15.7. The predicted molar refractivity (Wildman–Crippen MR) is 64.6 cm³/mol. The maximum atomic E-state index is 12.9. The minimum Gasteiger partial charge on any atom is -0.479 e. The summed E-state index contributed by atoms with van der Waals surface area (Å²) in [4.78, 5) is 26.3. The Morgan fingerprint density at radius 1 is 1.45 bits per heavy atom. The van der Waals surface area contributed by atoms with Gasteiger partial charge < -0.3 is 15.0 Å². The first kappa shape index (κ1) is 16.0. The molecule has 0 spiro atoms. The van der Waals surface area contributed by atoms with Gasteiger partial charge in [0.15, 0.2) is 5.82 Å². The Morgan fingerprint density at radius 2 is 2.00 bits per heavy atom. The van der Waals surface area contributed by atoms with Crippen LogP contribution < -0.4 is 10.9 Å². The summed E-state index contributed by atoms with van der Waals surface area (Å²) in [5, 5.41) is 10.5. The number of nitrogens with zero attached hydrogens (tertiary/aromatic N) is 2. The number of aromatic nitrogens is 2. The summed E-state index contributed by atoms with van der Waals surface area (Å²) in [6.45, 7) is 3.75. The molecule has 0 aliphatic carbocycles. The van der Waals surface area contributed by atoms with Crippen molar-refractivity contribution in [3.63, 3.8) is 0 Å². The van der Waals surface area contributed by atoms with Crippen molar-refractivity contribution in [2.24, 2.45) is 0 Å². The molecule has 0 fully saturated rings. The second kappa shape index (κ2) is 5.14. The highest BCUT2D eigenvalue weighted by atomic mass is 19.4. The third kappa shape index (κ3) is 2.75. The Balaban J connectivity index is 3.31. The summed E-state index contributed by atoms with van der Waals surface area (Å²) in [6.07, 6.45) is -2.66. The van der Waals surface area contributed by atoms with Crippen LogP contribution in [0.25, 0.3) is 0 Å². The summed E-state index contributed by atoms with van der Waals surface area (Å²) in [6, 6.07) is -0.298. The van der Waals surface area contributed by atoms with Gasteiger partial charge >= 0.3 is 12.1 Å². The molecular formula is C11H14F3N3O3. The van der Waals surface area contributed by atoms with Gasteiger partial charge in [-0.2, -0.15) is 13.2 Å². The Kier molecular flexibility index (Phi) is 4.11. The van der Waals surface area contributed by atoms with Crippen molar-refractivity contribution < 1.29 is 23.1 Å². The van der Waals surface area contributed by atoms with Gasteiger partial charge in [0.05, 0.1) is 0 Å². The van der Waals surface area contributed by atoms with Crippen LogP contribution in [0, 0.1) is 0 Å². The summed E-state index contributed by atoms with van der Waals surface area (Å²) < 4.78 is 39.7. The van der Waals surface area contributed by atoms with Crippen molar-refractivity contribution in [3.8, 4) is 0 Å². The summed E-state index contributed by atoms with van der Waals surface area (Å²) in [5.74, 6) is -2.81. The van der Waals surface area contributed by atoms with Crippen LogP contribution in [0.1, 0.15) is 26.8 Å². The molecule has 0 saturated heterocycles. The Morgan fingerprint density at radius 3 is 2.40 bits per heavy atom. The monoisotopic (exact) mass is 293 g/mol. The number of nitrogens with one attached hydrogen (secondary N) is 1. The molecule has 2 N–H and O–H groups in total. The van der Waals surface area contributed by atoms with Crippen LogP contribution >= 0.6 is 0 Å². The lowest BCUT2D eigenvalue weighted by molar-refractivity contribution is -0.193. The van der Waals surface area contributed by atoms with Crippen LogP contribution in [0.2, 0.25) is 0 Å². The number of aliphatic carboxylic acids is 1. The molecule has 1 aromatic rings. The van der Waals surface area contributed by atoms with E-state index < -0.39 is 29.1 Å². The van der Waals surface area contributed by atoms with E-state index in [-0.39, 0.29) is 6.04 Å². The van der Waals surface area contributed by atoms with Crippen molar-refractivity contribution in [3.05, 3.63) is 22.7 Å². The Bertz CT molecular complexity index is 568. The molecule has 9 heteroatoms. The molecule has 6 nitrogen and oxygen atoms in total. The molecule has 0 bridgehead atoms. The molecule has 0 saturated carbocycles. The lowest BCUT2D eigenvalue weighted by Gasteiger charge is -2.28. The summed E-state index contributed by atoms with van der Waals surface area (Å²) in [5.41, 5.74) is -4.12. The Hall–Kier alpha value is -2.06. The van der Waals surface area contributed by atoms with E-state index in [4.69, 9.17) is 5.11 Å². The van der Waals surface area contributed by atoms with Gasteiger partial charge in [-0.15, -0.1) is 0 Å². The average molecular weight is 293 g/mol. The van der Waals surface area contributed by atoms with Gasteiger partial charge in [-0.05, 0) is 20.8 Å². The minimum absolute atomic E-state index is 0.298. The molecule has 20 heavy (non-hydrogen) atoms. The van der Waals surface area contributed by atoms with Crippen LogP contribution in [-0.2, 0) is 4.79 Å². The standard InChI is InChI=1S/C11H14F3N3O3/c1-6(2)17-5-4-15-7(8(17)18)16-10(3,9(19)20)11(12,13)14/h4-6H,1-3H3,(H,15,16)(H,19,20). The predicted octanol–water partition coefficient (Wildman–Crippen LogP) is 1.64. The fraction of sp³-hybridized carbons (Fsp3) is 0.545. The molecular weight excluding hydrogens is 279 g/mol. The highest BCUT2D eigenvalue weighted by Gasteiger charge is 2.58. The zero-order valence-electron chi connectivity index (χ0n) is 11.0. The first-order valence-electron chi connectivity index (χ1n) is 5.66. The van der Waals surface area contributed by atoms with E-state index in [1.165, 1.54) is 6.20 Å². The fourth-order valence-electron chi connectivity index (χ4n) is 1.40. The van der Waals surface area contributed by atoms with E-state index in [0.29, 0.717) is 6.92 Å². The maximum absolute atomic E-state index is 12.9. The van der Waals surface area contributed by atoms with Crippen LogP contribution in [0.5, 0.6) is 0 Å². The van der Waals surface area contributed by atoms with Crippen molar-refractivity contribution in [1.29, 1.82) is 0 Å². The normalized spacial score (nSPS) is 14.9. The number of hydrogen-bond acceptors (Lipinski definition) is 4. The second-order valence-electron chi connectivity index (χ2n) is 4.63. The third-order valence-corrected chi connectivity index (χ3v) is 2.79. The second-order valence-corrected chi connectivity index (χ2v) is 4.63. The molecule has 0 radical (unpaired) electrons. The number of rotatable bonds is 4. The van der Waals surface area contributed by atoms with E-state index in [9.17, 15) is 22.8 Å². The number of carbonyl (C=O) groups is 1. The van der Waals surface area contributed by atoms with E-state index in [1.54, 1.807) is 19.2 Å². The molecule has 0 amide bonds. The van der Waals surface area contributed by atoms with Crippen molar-refractivity contribution in [2.45, 2.75) is 38.5 Å². The van der Waals surface area contributed by atoms with Gasteiger partial charge in [-0.25, -0.2) is 9.78 Å². The average Bonchev–Trinajstić information content (AvgIpc) is 2.29. The fourth-order valence-corrected chi connectivity index (χ4v) is 1.40. The van der Waals surface area contributed by atoms with Gasteiger partial charge in [-0.1, -0.05) is 0 Å². The first-order chi connectivity index (χ1) is 9.00. The number of anilines is 1. The number of halogens is 3. The van der Waals surface area contributed by atoms with Crippen molar-refractivity contribution >= 4 is 11.8 Å². The van der Waals surface area contributed by atoms with E-state index in [2.05, 4.69) is 4.98 Å². The van der Waals surface area contributed by atoms with Gasteiger partial charge in [0.2, 0.25) is 5.54 Å². The number of carboxylic acid groups (broad SMARTS) is 1. The summed E-state index contributed by atoms with van der Waals surface area (Å²) >= 11 is 0. The smallest absolute Gasteiger partial charge is 0.422 e. The summed E-state index contributed by atoms with van der Waals surface area (Å²) in [7, 11) is 0. The molecule has 1 rings (SSSR count). The number of carboxylic acids is 1. The van der Waals surface area contributed by atoms with Crippen LogP contribution in [-0.4, -0.2) is 32.3 Å². The van der Waals surface area contributed by atoms with Crippen LogP contribution in [0.15, 0.2) is 17.2 Å².